The van der Waals surface area contributed by atoms with Crippen molar-refractivity contribution in [2.75, 3.05) is 0 Å². The third kappa shape index (κ3) is 1.93. The number of carbonyl (C=O) groups is 2. The van der Waals surface area contributed by atoms with Gasteiger partial charge < -0.3 is 5.11 Å². The number of hydrogen-bond donors (Lipinski definition) is 1. The zero-order valence-electron chi connectivity index (χ0n) is 7.58. The fourth-order valence-corrected chi connectivity index (χ4v) is 1.27. The number of ketones is 1. The van der Waals surface area contributed by atoms with Crippen molar-refractivity contribution in [2.24, 2.45) is 0 Å². The van der Waals surface area contributed by atoms with Crippen LogP contribution in [0.4, 0.5) is 0 Å². The number of carbonyl (C=O) groups excluding carboxylic acids is 2. The van der Waals surface area contributed by atoms with E-state index in [-0.39, 0.29) is 29.1 Å². The maximum Gasteiger partial charge on any atom is 0.256 e. The summed E-state index contributed by atoms with van der Waals surface area (Å²) < 4.78 is 0. The Kier molecular flexibility index (Phi) is 3.25. The minimum absolute atomic E-state index is 0.0361. The summed E-state index contributed by atoms with van der Waals surface area (Å²) in [5, 5.41) is 8.76. The summed E-state index contributed by atoms with van der Waals surface area (Å²) in [6.45, 7) is 1.68. The van der Waals surface area contributed by atoms with E-state index in [4.69, 9.17) is 11.6 Å². The van der Waals surface area contributed by atoms with Crippen LogP contribution >= 0.6 is 11.6 Å². The molecule has 74 valence electrons. The summed E-state index contributed by atoms with van der Waals surface area (Å²) in [4.78, 5) is 22.1. The molecule has 0 unspecified atom stereocenters. The quantitative estimate of drug-likeness (QED) is 0.618. The maximum absolute atomic E-state index is 11.3. The molecular formula is C10H9ClO3. The molecule has 0 amide bonds. The highest BCUT2D eigenvalue weighted by Gasteiger charge is 2.15. The fraction of sp³-hybridized carbons (Fsp3) is 0.200. The molecule has 0 saturated carbocycles. The lowest BCUT2D eigenvalue weighted by Gasteiger charge is -2.04. The number of phenolic OH excluding ortho intramolecular Hbond substituents is 1. The Bertz CT molecular complexity index is 385. The maximum atomic E-state index is 11.3. The third-order valence-electron chi connectivity index (χ3n) is 1.87. The normalized spacial score (nSPS) is 9.86. The highest BCUT2D eigenvalue weighted by Crippen LogP contribution is 2.24. The van der Waals surface area contributed by atoms with Gasteiger partial charge in [0.05, 0.1) is 11.1 Å². The molecule has 4 heteroatoms. The predicted octanol–water partition coefficient (Wildman–Crippen LogP) is 2.36. The molecule has 0 aromatic heterocycles. The first-order valence-electron chi connectivity index (χ1n) is 4.13. The third-order valence-corrected chi connectivity index (χ3v) is 2.07. The van der Waals surface area contributed by atoms with E-state index in [0.29, 0.717) is 0 Å². The number of hydrogen-bond acceptors (Lipinski definition) is 3. The lowest BCUT2D eigenvalue weighted by atomic mass is 10.0. The van der Waals surface area contributed by atoms with Gasteiger partial charge in [-0.25, -0.2) is 0 Å². The van der Waals surface area contributed by atoms with Crippen molar-refractivity contribution in [2.45, 2.75) is 13.3 Å². The molecular weight excluding hydrogens is 204 g/mol. The second-order valence-corrected chi connectivity index (χ2v) is 3.10. The average Bonchev–Trinajstić information content (AvgIpc) is 2.16. The van der Waals surface area contributed by atoms with Crippen molar-refractivity contribution in [3.8, 4) is 5.75 Å². The van der Waals surface area contributed by atoms with Crippen molar-refractivity contribution in [1.29, 1.82) is 0 Å². The van der Waals surface area contributed by atoms with E-state index >= 15 is 0 Å². The standard InChI is InChI=1S/C10H9ClO3/c1-2-8(12)6-4-3-5-7(9(6)13)10(11)14/h3-5,13H,2H2,1H3. The molecule has 1 aromatic carbocycles. The molecule has 1 aromatic rings. The van der Waals surface area contributed by atoms with Crippen LogP contribution in [0.15, 0.2) is 18.2 Å². The van der Waals surface area contributed by atoms with E-state index in [1.54, 1.807) is 6.92 Å². The monoisotopic (exact) mass is 212 g/mol. The summed E-state index contributed by atoms with van der Waals surface area (Å²) in [7, 11) is 0. The minimum atomic E-state index is -0.770. The molecule has 0 aliphatic heterocycles. The van der Waals surface area contributed by atoms with Crippen LogP contribution in [0.5, 0.6) is 5.75 Å². The van der Waals surface area contributed by atoms with Gasteiger partial charge in [0, 0.05) is 6.42 Å². The van der Waals surface area contributed by atoms with Crippen LogP contribution in [-0.2, 0) is 0 Å². The second kappa shape index (κ2) is 4.24. The SMILES string of the molecule is CCC(=O)c1cccc(C(=O)Cl)c1O. The van der Waals surface area contributed by atoms with Crippen molar-refractivity contribution < 1.29 is 14.7 Å². The van der Waals surface area contributed by atoms with Gasteiger partial charge in [0.25, 0.3) is 5.24 Å². The van der Waals surface area contributed by atoms with Gasteiger partial charge in [0.1, 0.15) is 5.75 Å². The fourth-order valence-electron chi connectivity index (χ4n) is 1.12. The highest BCUT2D eigenvalue weighted by molar-refractivity contribution is 6.68. The number of aromatic hydroxyl groups is 1. The number of benzene rings is 1. The minimum Gasteiger partial charge on any atom is -0.506 e. The number of para-hydroxylation sites is 1. The Balaban J connectivity index is 3.27. The summed E-state index contributed by atoms with van der Waals surface area (Å²) in [6.07, 6.45) is 0.271. The zero-order valence-corrected chi connectivity index (χ0v) is 8.34. The van der Waals surface area contributed by atoms with E-state index in [9.17, 15) is 14.7 Å². The lowest BCUT2D eigenvalue weighted by molar-refractivity contribution is 0.0985. The largest absolute Gasteiger partial charge is 0.506 e. The van der Waals surface area contributed by atoms with Crippen molar-refractivity contribution in [3.05, 3.63) is 29.3 Å². The smallest absolute Gasteiger partial charge is 0.256 e. The van der Waals surface area contributed by atoms with Gasteiger partial charge in [-0.05, 0) is 23.7 Å². The molecule has 0 fully saturated rings. The van der Waals surface area contributed by atoms with Crippen LogP contribution in [-0.4, -0.2) is 16.1 Å². The first-order chi connectivity index (χ1) is 6.57. The molecule has 0 saturated heterocycles. The number of Topliss-reactive ketones (excluding diaryl/α,β-unsaturated/α-hetero) is 1. The van der Waals surface area contributed by atoms with E-state index < -0.39 is 5.24 Å². The van der Waals surface area contributed by atoms with Crippen LogP contribution in [0.1, 0.15) is 34.1 Å². The summed E-state index contributed by atoms with van der Waals surface area (Å²) in [5.41, 5.74) is 0.102. The van der Waals surface area contributed by atoms with Crippen LogP contribution < -0.4 is 0 Å². The molecule has 0 aliphatic carbocycles. The van der Waals surface area contributed by atoms with Gasteiger partial charge in [-0.3, -0.25) is 9.59 Å². The summed E-state index contributed by atoms with van der Waals surface area (Å²) in [6, 6.07) is 4.35. The van der Waals surface area contributed by atoms with Crippen molar-refractivity contribution in [3.63, 3.8) is 0 Å². The van der Waals surface area contributed by atoms with Gasteiger partial charge in [-0.2, -0.15) is 0 Å². The van der Waals surface area contributed by atoms with Crippen LogP contribution in [0.2, 0.25) is 0 Å². The molecule has 1 rings (SSSR count). The Morgan fingerprint density at radius 2 is 1.93 bits per heavy atom. The predicted molar refractivity (Wildman–Crippen MR) is 52.9 cm³/mol. The Labute approximate surface area is 86.3 Å². The first kappa shape index (κ1) is 10.7. The zero-order chi connectivity index (χ0) is 10.7. The van der Waals surface area contributed by atoms with Gasteiger partial charge in [0.15, 0.2) is 5.78 Å². The molecule has 0 bridgehead atoms. The highest BCUT2D eigenvalue weighted by atomic mass is 35.5. The summed E-state index contributed by atoms with van der Waals surface area (Å²) in [5.74, 6) is -0.554. The Hall–Kier alpha value is -1.35. The number of phenols is 1. The summed E-state index contributed by atoms with van der Waals surface area (Å²) >= 11 is 5.22. The van der Waals surface area contributed by atoms with Crippen molar-refractivity contribution in [1.82, 2.24) is 0 Å². The van der Waals surface area contributed by atoms with Gasteiger partial charge in [0.2, 0.25) is 0 Å². The second-order valence-electron chi connectivity index (χ2n) is 2.75. The molecule has 0 heterocycles. The topological polar surface area (TPSA) is 54.4 Å². The average molecular weight is 213 g/mol. The van der Waals surface area contributed by atoms with Gasteiger partial charge in [-0.1, -0.05) is 13.0 Å². The number of halogens is 1. The molecule has 14 heavy (non-hydrogen) atoms. The first-order valence-corrected chi connectivity index (χ1v) is 4.50. The molecule has 0 radical (unpaired) electrons. The van der Waals surface area contributed by atoms with Crippen LogP contribution in [0.3, 0.4) is 0 Å². The molecule has 0 spiro atoms. The Morgan fingerprint density at radius 3 is 2.43 bits per heavy atom. The molecule has 1 N–H and O–H groups in total. The van der Waals surface area contributed by atoms with E-state index in [0.717, 1.165) is 0 Å². The lowest BCUT2D eigenvalue weighted by Crippen LogP contribution is -2.00. The molecule has 0 atom stereocenters. The van der Waals surface area contributed by atoms with Crippen LogP contribution in [0, 0.1) is 0 Å². The van der Waals surface area contributed by atoms with Crippen LogP contribution in [0.25, 0.3) is 0 Å². The van der Waals surface area contributed by atoms with E-state index in [2.05, 4.69) is 0 Å². The molecule has 3 nitrogen and oxygen atoms in total. The Morgan fingerprint density at radius 1 is 1.36 bits per heavy atom. The van der Waals surface area contributed by atoms with Gasteiger partial charge >= 0.3 is 0 Å². The molecule has 0 aliphatic rings. The van der Waals surface area contributed by atoms with E-state index in [1.807, 2.05) is 0 Å². The van der Waals surface area contributed by atoms with E-state index in [1.165, 1.54) is 18.2 Å². The van der Waals surface area contributed by atoms with Crippen molar-refractivity contribution >= 4 is 22.6 Å². The number of rotatable bonds is 3. The van der Waals surface area contributed by atoms with Gasteiger partial charge in [-0.15, -0.1) is 0 Å².